The second kappa shape index (κ2) is 27.4. The predicted molar refractivity (Wildman–Crippen MR) is 124 cm³/mol. The predicted octanol–water partition coefficient (Wildman–Crippen LogP) is 6.10. The highest BCUT2D eigenvalue weighted by Crippen LogP contribution is 2.15. The number of terminal acetylenes is 1. The molecule has 0 aliphatic carbocycles. The van der Waals surface area contributed by atoms with Crippen molar-refractivity contribution in [1.29, 1.82) is 0 Å². The Balaban J connectivity index is -0.000000125. The van der Waals surface area contributed by atoms with E-state index in [9.17, 15) is 0 Å². The third-order valence-corrected chi connectivity index (χ3v) is 3.17. The van der Waals surface area contributed by atoms with Gasteiger partial charge in [0.05, 0.1) is 9.50 Å². The zero-order valence-corrected chi connectivity index (χ0v) is 21.0. The van der Waals surface area contributed by atoms with Crippen LogP contribution in [0.5, 0.6) is 0 Å². The van der Waals surface area contributed by atoms with Crippen LogP contribution in [-0.2, 0) is 0 Å². The molecule has 0 radical (unpaired) electrons. The first-order valence-corrected chi connectivity index (χ1v) is 10.9. The fourth-order valence-electron chi connectivity index (χ4n) is 1.01. The molecule has 0 aliphatic rings. The first kappa shape index (κ1) is 33.7. The molecule has 0 saturated heterocycles. The number of hydrogen-bond acceptors (Lipinski definition) is 3. The van der Waals surface area contributed by atoms with Gasteiger partial charge in [-0.05, 0) is 75.8 Å². The second-order valence-electron chi connectivity index (χ2n) is 7.19. The maximum atomic E-state index is 8.39. The normalized spacial score (nSPS) is 10.5. The van der Waals surface area contributed by atoms with Gasteiger partial charge in [0, 0.05) is 19.6 Å². The molecule has 0 saturated carbocycles. The van der Waals surface area contributed by atoms with Gasteiger partial charge in [0.1, 0.15) is 0 Å². The van der Waals surface area contributed by atoms with Crippen molar-refractivity contribution in [2.24, 2.45) is 17.8 Å². The van der Waals surface area contributed by atoms with E-state index in [1.807, 2.05) is 0 Å². The van der Waals surface area contributed by atoms with Gasteiger partial charge in [0.25, 0.3) is 0 Å². The van der Waals surface area contributed by atoms with E-state index in [2.05, 4.69) is 85.4 Å². The van der Waals surface area contributed by atoms with Crippen LogP contribution in [0.15, 0.2) is 9.47 Å². The van der Waals surface area contributed by atoms with Crippen LogP contribution in [0.3, 0.4) is 0 Å². The minimum absolute atomic E-state index is 0.0810. The van der Waals surface area contributed by atoms with Crippen LogP contribution in [0.1, 0.15) is 74.1 Å². The number of hydrogen-bond donors (Lipinski definition) is 3. The van der Waals surface area contributed by atoms with Gasteiger partial charge >= 0.3 is 0 Å². The molecule has 0 rings (SSSR count). The van der Waals surface area contributed by atoms with E-state index in [0.717, 1.165) is 28.6 Å². The van der Waals surface area contributed by atoms with E-state index in [0.29, 0.717) is 24.9 Å². The summed E-state index contributed by atoms with van der Waals surface area (Å²) in [5.74, 6) is 4.63. The smallest absolute Gasteiger partial charge is 0.0564 e. The molecule has 0 heterocycles. The van der Waals surface area contributed by atoms with E-state index < -0.39 is 0 Å². The van der Waals surface area contributed by atoms with Crippen molar-refractivity contribution >= 4 is 31.9 Å². The molecular weight excluding hydrogens is 460 g/mol. The summed E-state index contributed by atoms with van der Waals surface area (Å²) in [7, 11) is 0. The van der Waals surface area contributed by atoms with Crippen LogP contribution in [0.2, 0.25) is 0 Å². The average molecular weight is 502 g/mol. The van der Waals surface area contributed by atoms with Crippen LogP contribution in [0, 0.1) is 30.1 Å². The standard InChI is InChI=1S/C6H10Br2.C6H10.C5H12O.C4H10O2/c1-5(2)3-4-6(7)8;1-4-5-6(2)3;1-5(2)3-4-6;1-4(6)2-3-5/h4-5H,3H2,1-2H3;1,6H,5H2,2-3H3;5-6H,3-4H2,1-2H3;4-6H,2-3H2,1H3/t;;;4-/m...1/s1. The topological polar surface area (TPSA) is 60.7 Å². The number of rotatable bonds is 7. The molecule has 0 fully saturated rings. The molecule has 0 aliphatic heterocycles. The average Bonchev–Trinajstić information content (AvgIpc) is 2.46. The molecule has 158 valence electrons. The molecule has 0 aromatic rings. The summed E-state index contributed by atoms with van der Waals surface area (Å²) in [6.45, 7) is 14.9. The van der Waals surface area contributed by atoms with Gasteiger partial charge in [-0.2, -0.15) is 0 Å². The molecule has 0 aromatic heterocycles. The van der Waals surface area contributed by atoms with Gasteiger partial charge in [-0.1, -0.05) is 47.6 Å². The fourth-order valence-corrected chi connectivity index (χ4v) is 1.38. The van der Waals surface area contributed by atoms with Crippen molar-refractivity contribution in [2.75, 3.05) is 13.2 Å². The van der Waals surface area contributed by atoms with Crippen molar-refractivity contribution in [3.8, 4) is 12.3 Å². The quantitative estimate of drug-likeness (QED) is 0.369. The Hall–Kier alpha value is 0.140. The summed E-state index contributed by atoms with van der Waals surface area (Å²) in [4.78, 5) is 0. The molecule has 0 spiro atoms. The number of halogens is 2. The maximum Gasteiger partial charge on any atom is 0.0564 e. The van der Waals surface area contributed by atoms with Crippen LogP contribution < -0.4 is 0 Å². The van der Waals surface area contributed by atoms with E-state index in [1.54, 1.807) is 6.92 Å². The highest BCUT2D eigenvalue weighted by Gasteiger charge is 1.89. The van der Waals surface area contributed by atoms with Crippen LogP contribution in [-0.4, -0.2) is 34.6 Å². The SMILES string of the molecule is C#CCC(C)C.CC(C)CC=C(Br)Br.CC(C)CCO.C[C@@H](O)CCO. The lowest BCUT2D eigenvalue weighted by molar-refractivity contribution is 0.148. The van der Waals surface area contributed by atoms with E-state index in [-0.39, 0.29) is 12.7 Å². The monoisotopic (exact) mass is 500 g/mol. The summed E-state index contributed by atoms with van der Waals surface area (Å²) >= 11 is 6.56. The maximum absolute atomic E-state index is 8.39. The fraction of sp³-hybridized carbons (Fsp3) is 0.810. The third-order valence-electron chi connectivity index (χ3n) is 2.52. The van der Waals surface area contributed by atoms with Crippen LogP contribution in [0.4, 0.5) is 0 Å². The van der Waals surface area contributed by atoms with Crippen LogP contribution in [0.25, 0.3) is 0 Å². The highest BCUT2D eigenvalue weighted by atomic mass is 79.9. The summed E-state index contributed by atoms with van der Waals surface area (Å²) in [5, 5.41) is 24.7. The zero-order valence-electron chi connectivity index (χ0n) is 17.8. The number of aliphatic hydroxyl groups is 3. The van der Waals surface area contributed by atoms with Crippen molar-refractivity contribution in [3.05, 3.63) is 9.47 Å². The summed E-state index contributed by atoms with van der Waals surface area (Å²) < 4.78 is 1.05. The van der Waals surface area contributed by atoms with Gasteiger partial charge < -0.3 is 15.3 Å². The minimum Gasteiger partial charge on any atom is -0.396 e. The largest absolute Gasteiger partial charge is 0.396 e. The van der Waals surface area contributed by atoms with Crippen LogP contribution >= 0.6 is 31.9 Å². The zero-order chi connectivity index (χ0) is 21.5. The lowest BCUT2D eigenvalue weighted by Gasteiger charge is -1.95. The Bertz CT molecular complexity index is 306. The van der Waals surface area contributed by atoms with Crippen molar-refractivity contribution in [2.45, 2.75) is 80.3 Å². The van der Waals surface area contributed by atoms with Gasteiger partial charge in [-0.3, -0.25) is 0 Å². The molecule has 26 heavy (non-hydrogen) atoms. The molecule has 0 aromatic carbocycles. The molecule has 0 bridgehead atoms. The molecule has 0 amide bonds. The molecule has 0 unspecified atom stereocenters. The Labute approximate surface area is 179 Å². The molecular formula is C21H42Br2O3. The first-order chi connectivity index (χ1) is 11.9. The minimum atomic E-state index is -0.352. The summed E-state index contributed by atoms with van der Waals surface area (Å²) in [6, 6.07) is 0. The van der Waals surface area contributed by atoms with Gasteiger partial charge in [-0.15, -0.1) is 12.3 Å². The summed E-state index contributed by atoms with van der Waals surface area (Å²) in [5.41, 5.74) is 0. The highest BCUT2D eigenvalue weighted by molar-refractivity contribution is 9.28. The van der Waals surface area contributed by atoms with Gasteiger partial charge in [-0.25, -0.2) is 0 Å². The molecule has 3 N–H and O–H groups in total. The van der Waals surface area contributed by atoms with Crippen molar-refractivity contribution in [1.82, 2.24) is 0 Å². The van der Waals surface area contributed by atoms with Gasteiger partial charge in [0.15, 0.2) is 0 Å². The van der Waals surface area contributed by atoms with Crippen molar-refractivity contribution < 1.29 is 15.3 Å². The van der Waals surface area contributed by atoms with E-state index in [4.69, 9.17) is 21.7 Å². The lowest BCUT2D eigenvalue weighted by atomic mass is 10.1. The molecule has 3 nitrogen and oxygen atoms in total. The number of allylic oxidation sites excluding steroid dienone is 1. The Morgan fingerprint density at radius 3 is 1.38 bits per heavy atom. The first-order valence-electron chi connectivity index (χ1n) is 9.28. The van der Waals surface area contributed by atoms with E-state index in [1.165, 1.54) is 0 Å². The van der Waals surface area contributed by atoms with Gasteiger partial charge in [0.2, 0.25) is 0 Å². The third kappa shape index (κ3) is 64.6. The summed E-state index contributed by atoms with van der Waals surface area (Å²) in [6.07, 6.45) is 10.2. The lowest BCUT2D eigenvalue weighted by Crippen LogP contribution is -2.00. The Morgan fingerprint density at radius 1 is 0.885 bits per heavy atom. The molecule has 1 atom stereocenters. The Kier molecular flexibility index (Phi) is 35.5. The van der Waals surface area contributed by atoms with E-state index >= 15 is 0 Å². The Morgan fingerprint density at radius 2 is 1.35 bits per heavy atom. The molecule has 5 heteroatoms. The number of aliphatic hydroxyl groups excluding tert-OH is 3. The van der Waals surface area contributed by atoms with Crippen molar-refractivity contribution in [3.63, 3.8) is 0 Å². The second-order valence-corrected chi connectivity index (χ2v) is 9.97.